The molecule has 0 atom stereocenters. The van der Waals surface area contributed by atoms with Crippen molar-refractivity contribution in [3.8, 4) is 0 Å². The summed E-state index contributed by atoms with van der Waals surface area (Å²) in [5, 5.41) is 0. The molecular weight excluding hydrogens is 182 g/mol. The van der Waals surface area contributed by atoms with E-state index in [-0.39, 0.29) is 16.7 Å². The van der Waals surface area contributed by atoms with Gasteiger partial charge in [0.05, 0.1) is 0 Å². The van der Waals surface area contributed by atoms with Gasteiger partial charge < -0.3 is 10.3 Å². The van der Waals surface area contributed by atoms with E-state index >= 15 is 0 Å². The molecule has 0 radical (unpaired) electrons. The summed E-state index contributed by atoms with van der Waals surface area (Å²) in [6.45, 7) is 4.91. The Morgan fingerprint density at radius 2 is 2.14 bits per heavy atom. The van der Waals surface area contributed by atoms with Gasteiger partial charge >= 0.3 is 5.69 Å². The van der Waals surface area contributed by atoms with Gasteiger partial charge in [-0.2, -0.15) is 0 Å². The zero-order valence-corrected chi connectivity index (χ0v) is 8.41. The van der Waals surface area contributed by atoms with Gasteiger partial charge in [0, 0.05) is 18.8 Å². The van der Waals surface area contributed by atoms with Gasteiger partial charge in [-0.15, -0.1) is 0 Å². The summed E-state index contributed by atoms with van der Waals surface area (Å²) in [6.07, 6.45) is 1.48. The highest BCUT2D eigenvalue weighted by molar-refractivity contribution is 4.84. The highest BCUT2D eigenvalue weighted by Crippen LogP contribution is 2.13. The third kappa shape index (κ3) is 2.56. The Morgan fingerprint density at radius 3 is 2.64 bits per heavy atom. The van der Waals surface area contributed by atoms with Crippen molar-refractivity contribution in [3.05, 3.63) is 33.1 Å². The lowest BCUT2D eigenvalue weighted by Gasteiger charge is -2.22. The van der Waals surface area contributed by atoms with Gasteiger partial charge in [-0.3, -0.25) is 9.78 Å². The number of rotatable bonds is 3. The van der Waals surface area contributed by atoms with Crippen LogP contribution in [0, 0.1) is 5.41 Å². The number of H-pyrrole nitrogens is 1. The van der Waals surface area contributed by atoms with Crippen LogP contribution in [0.4, 0.5) is 0 Å². The average molecular weight is 197 g/mol. The van der Waals surface area contributed by atoms with E-state index in [4.69, 9.17) is 5.73 Å². The maximum Gasteiger partial charge on any atom is 0.328 e. The van der Waals surface area contributed by atoms with Crippen LogP contribution >= 0.6 is 0 Å². The van der Waals surface area contributed by atoms with Crippen molar-refractivity contribution in [2.45, 2.75) is 20.4 Å². The van der Waals surface area contributed by atoms with E-state index in [1.807, 2.05) is 13.8 Å². The van der Waals surface area contributed by atoms with Gasteiger partial charge in [-0.1, -0.05) is 13.8 Å². The van der Waals surface area contributed by atoms with E-state index in [2.05, 4.69) is 4.98 Å². The second-order valence-electron chi connectivity index (χ2n) is 4.11. The van der Waals surface area contributed by atoms with Crippen LogP contribution in [0.1, 0.15) is 13.8 Å². The molecule has 1 rings (SSSR count). The smallest absolute Gasteiger partial charge is 0.328 e. The van der Waals surface area contributed by atoms with E-state index in [9.17, 15) is 9.59 Å². The van der Waals surface area contributed by atoms with Crippen LogP contribution in [0.25, 0.3) is 0 Å². The summed E-state index contributed by atoms with van der Waals surface area (Å²) >= 11 is 0. The zero-order valence-electron chi connectivity index (χ0n) is 8.41. The SMILES string of the molecule is CC(C)(CN)Cn1ccc(=O)[nH]c1=O. The third-order valence-electron chi connectivity index (χ3n) is 2.05. The van der Waals surface area contributed by atoms with Crippen LogP contribution in [0.15, 0.2) is 21.9 Å². The monoisotopic (exact) mass is 197 g/mol. The fraction of sp³-hybridized carbons (Fsp3) is 0.556. The van der Waals surface area contributed by atoms with E-state index in [0.29, 0.717) is 13.1 Å². The van der Waals surface area contributed by atoms with E-state index in [1.165, 1.54) is 16.8 Å². The topological polar surface area (TPSA) is 80.9 Å². The number of aromatic nitrogens is 2. The molecule has 3 N–H and O–H groups in total. The fourth-order valence-corrected chi connectivity index (χ4v) is 1.09. The number of nitrogens with one attached hydrogen (secondary N) is 1. The predicted octanol–water partition coefficient (Wildman–Crippen LogP) is -0.478. The Hall–Kier alpha value is -1.36. The van der Waals surface area contributed by atoms with Crippen LogP contribution in [-0.4, -0.2) is 16.1 Å². The molecule has 0 bridgehead atoms. The minimum Gasteiger partial charge on any atom is -0.330 e. The number of hydrogen-bond donors (Lipinski definition) is 2. The summed E-state index contributed by atoms with van der Waals surface area (Å²) in [5.41, 5.74) is 4.63. The summed E-state index contributed by atoms with van der Waals surface area (Å²) in [6, 6.07) is 1.33. The Bertz CT molecular complexity index is 417. The first kappa shape index (κ1) is 10.7. The standard InChI is InChI=1S/C9H15N3O2/c1-9(2,5-10)6-12-4-3-7(13)11-8(12)14/h3-4H,5-6,10H2,1-2H3,(H,11,13,14). The maximum absolute atomic E-state index is 11.3. The molecule has 0 saturated carbocycles. The second-order valence-corrected chi connectivity index (χ2v) is 4.11. The molecule has 0 unspecified atom stereocenters. The van der Waals surface area contributed by atoms with Crippen LogP contribution in [0.5, 0.6) is 0 Å². The number of hydrogen-bond acceptors (Lipinski definition) is 3. The van der Waals surface area contributed by atoms with E-state index < -0.39 is 0 Å². The highest BCUT2D eigenvalue weighted by atomic mass is 16.2. The molecule has 1 heterocycles. The van der Waals surface area contributed by atoms with Gasteiger partial charge in [0.25, 0.3) is 5.56 Å². The zero-order chi connectivity index (χ0) is 10.8. The van der Waals surface area contributed by atoms with E-state index in [0.717, 1.165) is 0 Å². The normalized spacial score (nSPS) is 11.6. The van der Waals surface area contributed by atoms with Crippen molar-refractivity contribution in [1.29, 1.82) is 0 Å². The minimum atomic E-state index is -0.390. The lowest BCUT2D eigenvalue weighted by atomic mass is 9.94. The van der Waals surface area contributed by atoms with Crippen molar-refractivity contribution >= 4 is 0 Å². The predicted molar refractivity (Wildman–Crippen MR) is 54.2 cm³/mol. The first-order chi connectivity index (χ1) is 6.44. The van der Waals surface area contributed by atoms with Crippen LogP contribution < -0.4 is 17.0 Å². The molecular formula is C9H15N3O2. The average Bonchev–Trinajstić information content (AvgIpc) is 2.10. The molecule has 0 aliphatic carbocycles. The Balaban J connectivity index is 2.99. The molecule has 0 amide bonds. The second kappa shape index (κ2) is 3.79. The highest BCUT2D eigenvalue weighted by Gasteiger charge is 2.16. The molecule has 5 nitrogen and oxygen atoms in total. The summed E-state index contributed by atoms with van der Waals surface area (Å²) < 4.78 is 1.45. The molecule has 5 heteroatoms. The van der Waals surface area contributed by atoms with Crippen molar-refractivity contribution in [1.82, 2.24) is 9.55 Å². The maximum atomic E-state index is 11.3. The Kier molecular flexibility index (Phi) is 2.90. The van der Waals surface area contributed by atoms with Crippen molar-refractivity contribution in [3.63, 3.8) is 0 Å². The molecule has 1 aromatic heterocycles. The first-order valence-corrected chi connectivity index (χ1v) is 4.44. The molecule has 14 heavy (non-hydrogen) atoms. The van der Waals surface area contributed by atoms with Crippen molar-refractivity contribution < 1.29 is 0 Å². The molecule has 1 aromatic rings. The van der Waals surface area contributed by atoms with Crippen LogP contribution in [0.3, 0.4) is 0 Å². The largest absolute Gasteiger partial charge is 0.330 e. The molecule has 0 aliphatic rings. The Labute approximate surface area is 81.6 Å². The lowest BCUT2D eigenvalue weighted by Crippen LogP contribution is -2.36. The van der Waals surface area contributed by atoms with Gasteiger partial charge in [0.2, 0.25) is 0 Å². The molecule has 78 valence electrons. The fourth-order valence-electron chi connectivity index (χ4n) is 1.09. The molecule has 0 saturated heterocycles. The molecule has 0 spiro atoms. The first-order valence-electron chi connectivity index (χ1n) is 4.44. The van der Waals surface area contributed by atoms with Crippen LogP contribution in [-0.2, 0) is 6.54 Å². The molecule has 0 aliphatic heterocycles. The molecule has 0 aromatic carbocycles. The van der Waals surface area contributed by atoms with Gasteiger partial charge in [0.1, 0.15) is 0 Å². The number of nitrogens with zero attached hydrogens (tertiary/aromatic N) is 1. The molecule has 0 fully saturated rings. The third-order valence-corrected chi connectivity index (χ3v) is 2.05. The van der Waals surface area contributed by atoms with Gasteiger partial charge in [0.15, 0.2) is 0 Å². The van der Waals surface area contributed by atoms with Crippen LogP contribution in [0.2, 0.25) is 0 Å². The summed E-state index contributed by atoms with van der Waals surface area (Å²) in [7, 11) is 0. The Morgan fingerprint density at radius 1 is 1.50 bits per heavy atom. The summed E-state index contributed by atoms with van der Waals surface area (Å²) in [5.74, 6) is 0. The number of nitrogens with two attached hydrogens (primary N) is 1. The van der Waals surface area contributed by atoms with E-state index in [1.54, 1.807) is 0 Å². The van der Waals surface area contributed by atoms with Crippen molar-refractivity contribution in [2.24, 2.45) is 11.1 Å². The minimum absolute atomic E-state index is 0.151. The van der Waals surface area contributed by atoms with Gasteiger partial charge in [-0.25, -0.2) is 4.79 Å². The number of aromatic amines is 1. The summed E-state index contributed by atoms with van der Waals surface area (Å²) in [4.78, 5) is 24.3. The van der Waals surface area contributed by atoms with Gasteiger partial charge in [-0.05, 0) is 12.0 Å². The quantitative estimate of drug-likeness (QED) is 0.686. The lowest BCUT2D eigenvalue weighted by molar-refractivity contribution is 0.310. The van der Waals surface area contributed by atoms with Crippen molar-refractivity contribution in [2.75, 3.05) is 6.54 Å².